The van der Waals surface area contributed by atoms with E-state index in [9.17, 15) is 38.4 Å². The van der Waals surface area contributed by atoms with E-state index in [2.05, 4.69) is 88.7 Å². The maximum Gasteiger partial charge on any atom is 0.329 e. The van der Waals surface area contributed by atoms with Crippen molar-refractivity contribution in [3.63, 3.8) is 0 Å². The number of pyridine rings is 2. The molecule has 6 amide bonds. The number of imidazole rings is 2. The van der Waals surface area contributed by atoms with Crippen molar-refractivity contribution >= 4 is 107 Å². The second-order valence-electron chi connectivity index (χ2n) is 28.6. The minimum Gasteiger partial charge on any atom is -0.491 e. The molecule has 1 aliphatic carbocycles. The zero-order valence-corrected chi connectivity index (χ0v) is 57.7. The van der Waals surface area contributed by atoms with Gasteiger partial charge in [-0.05, 0) is 148 Å². The smallest absolute Gasteiger partial charge is 0.329 e. The van der Waals surface area contributed by atoms with Crippen LogP contribution in [-0.2, 0) is 45.2 Å². The molecule has 4 aromatic carbocycles. The molecule has 0 bridgehead atoms. The molecule has 6 N–H and O–H groups in total. The summed E-state index contributed by atoms with van der Waals surface area (Å²) in [6.07, 6.45) is 6.41. The Morgan fingerprint density at radius 3 is 2.10 bits per heavy atom. The Morgan fingerprint density at radius 1 is 0.641 bits per heavy atom. The van der Waals surface area contributed by atoms with Gasteiger partial charge in [-0.1, -0.05) is 12.1 Å². The number of hydrogen-bond acceptors (Lipinski definition) is 18. The van der Waals surface area contributed by atoms with Crippen LogP contribution in [0.15, 0.2) is 119 Å². The number of thiophene rings is 1. The minimum absolute atomic E-state index is 0.118. The number of para-hydroxylation sites is 1. The molecule has 27 heteroatoms. The Bertz CT molecular complexity index is 5550. The number of anilines is 3. The molecule has 0 radical (unpaired) electrons. The number of ether oxygens (including phenoxy) is 1. The van der Waals surface area contributed by atoms with Crippen LogP contribution in [0.2, 0.25) is 0 Å². The number of H-pyrrole nitrogens is 1. The van der Waals surface area contributed by atoms with Crippen molar-refractivity contribution in [3.8, 4) is 51.0 Å². The van der Waals surface area contributed by atoms with Gasteiger partial charge < -0.3 is 35.5 Å². The number of piperazine rings is 1. The molecule has 3 atom stereocenters. The van der Waals surface area contributed by atoms with Crippen molar-refractivity contribution in [2.24, 2.45) is 20.0 Å². The Hall–Kier alpha value is -11.3. The summed E-state index contributed by atoms with van der Waals surface area (Å²) in [5.74, 6) is 0.258. The van der Waals surface area contributed by atoms with Gasteiger partial charge in [0.05, 0.1) is 62.7 Å². The molecule has 522 valence electrons. The molecule has 1 saturated carbocycles. The van der Waals surface area contributed by atoms with Crippen LogP contribution in [0.25, 0.3) is 88.3 Å². The van der Waals surface area contributed by atoms with Crippen molar-refractivity contribution < 1.29 is 33.5 Å². The number of aromatic nitrogens is 9. The van der Waals surface area contributed by atoms with E-state index >= 15 is 0 Å². The van der Waals surface area contributed by atoms with E-state index in [1.54, 1.807) is 18.7 Å². The maximum absolute atomic E-state index is 14.2. The standard InChI is InChI=1S/C76H73N17O9S/c1-40-35-78-64-63-46-13-14-49(44-10-18-60(77-36-44)91-29-27-89(28-30-91)37-42-7-15-54-58(31-42)87(2)74(100)92(54)56-16-19-61(94)85-71(56)97)81-50(46)32-47(66(63)103-67(64)73(99)80-40)51-34-53(52-33-48-68(82-52)76(23-24-76)39-79-70(48)96)84-69(83-51)43-8-11-45(12-9-43)90-25-21-41(22-26-90)38-102-59-6-4-5-55-65(59)88(3)75(101)93(55)57-17-20-62(95)86-72(57)98/h4-15,18,31-34,36,40-41,56-57,78,82H,16-17,19-30,35,37-39H2,1-3H3,(H,79,96)(H,80,99)(H,85,94,97)(H,86,95,98)/t40-,56?,57?/m1/s1. The van der Waals surface area contributed by atoms with Crippen LogP contribution < -0.4 is 52.5 Å². The fraction of sp³-hybridized carbons (Fsp3) is 0.342. The van der Waals surface area contributed by atoms with Crippen molar-refractivity contribution in [1.29, 1.82) is 0 Å². The quantitative estimate of drug-likeness (QED) is 0.0599. The highest BCUT2D eigenvalue weighted by Gasteiger charge is 2.50. The first-order valence-corrected chi connectivity index (χ1v) is 36.2. The van der Waals surface area contributed by atoms with Crippen LogP contribution >= 0.6 is 11.3 Å². The molecular weight excluding hydrogens is 1330 g/mol. The molecular formula is C76H73N17O9S. The summed E-state index contributed by atoms with van der Waals surface area (Å²) < 4.78 is 13.4. The summed E-state index contributed by atoms with van der Waals surface area (Å²) >= 11 is 1.42. The van der Waals surface area contributed by atoms with Gasteiger partial charge in [0.1, 0.15) is 34.0 Å². The Labute approximate surface area is 592 Å². The van der Waals surface area contributed by atoms with Gasteiger partial charge in [0.2, 0.25) is 23.6 Å². The van der Waals surface area contributed by atoms with Gasteiger partial charge in [-0.3, -0.25) is 62.6 Å². The number of nitrogens with zero attached hydrogens (tertiary/aromatic N) is 11. The first kappa shape index (κ1) is 63.8. The number of rotatable bonds is 13. The van der Waals surface area contributed by atoms with Gasteiger partial charge in [-0.2, -0.15) is 0 Å². The molecule has 5 fully saturated rings. The fourth-order valence-corrected chi connectivity index (χ4v) is 17.4. The zero-order valence-electron chi connectivity index (χ0n) is 56.9. The topological polar surface area (TPSA) is 303 Å². The SMILES string of the molecule is C[C@@H]1CNc2c(sc3c(-c4cc(-c5cc6c([nH]5)C5(CC5)CNC6=O)nc(-c5ccc(N6CCC(COc7cccc8c7n(C)c(=O)n8C7CCC(=O)NC7=O)CC6)cc5)n4)cc4nc(-c5ccc(N6CCN(Cc7ccc8c(c7)n(C)c(=O)n8C7CCC(=O)NC7=O)CC6)nc5)ccc4c23)C(=O)N1. The third-order valence-corrected chi connectivity index (χ3v) is 23.3. The molecule has 26 nitrogen and oxygen atoms in total. The van der Waals surface area contributed by atoms with Crippen molar-refractivity contribution in [2.75, 3.05) is 74.1 Å². The molecule has 11 aromatic rings. The molecule has 2 unspecified atom stereocenters. The van der Waals surface area contributed by atoms with E-state index in [0.29, 0.717) is 87.4 Å². The van der Waals surface area contributed by atoms with Gasteiger partial charge in [0.25, 0.3) is 11.8 Å². The normalized spacial score (nSPS) is 20.1. The number of benzene rings is 4. The zero-order chi connectivity index (χ0) is 70.3. The molecule has 6 aliphatic heterocycles. The second-order valence-corrected chi connectivity index (χ2v) is 29.6. The van der Waals surface area contributed by atoms with Crippen molar-refractivity contribution in [1.82, 2.24) is 69.4 Å². The molecule has 1 spiro atoms. The van der Waals surface area contributed by atoms with E-state index in [0.717, 1.165) is 137 Å². The lowest BCUT2D eigenvalue weighted by Gasteiger charge is -2.35. The predicted molar refractivity (Wildman–Crippen MR) is 390 cm³/mol. The lowest BCUT2D eigenvalue weighted by Crippen LogP contribution is -2.46. The van der Waals surface area contributed by atoms with Crippen molar-refractivity contribution in [2.45, 2.75) is 88.4 Å². The lowest BCUT2D eigenvalue weighted by molar-refractivity contribution is -0.137. The van der Waals surface area contributed by atoms with Crippen LogP contribution in [0.1, 0.15) is 102 Å². The number of carbonyl (C=O) groups excluding carboxylic acids is 6. The summed E-state index contributed by atoms with van der Waals surface area (Å²) in [7, 11) is 3.39. The third-order valence-electron chi connectivity index (χ3n) is 22.1. The lowest BCUT2D eigenvalue weighted by atomic mass is 9.95. The molecule has 4 saturated heterocycles. The molecule has 7 aromatic heterocycles. The average molecular weight is 1400 g/mol. The number of carbonyl (C=O) groups is 6. The summed E-state index contributed by atoms with van der Waals surface area (Å²) in [5, 5.41) is 16.5. The predicted octanol–water partition coefficient (Wildman–Crippen LogP) is 7.83. The highest BCUT2D eigenvalue weighted by Crippen LogP contribution is 2.52. The minimum atomic E-state index is -0.790. The van der Waals surface area contributed by atoms with E-state index < -0.39 is 23.9 Å². The van der Waals surface area contributed by atoms with Gasteiger partial charge in [-0.25, -0.2) is 29.5 Å². The number of imide groups is 2. The van der Waals surface area contributed by atoms with Crippen LogP contribution in [0, 0.1) is 5.92 Å². The van der Waals surface area contributed by atoms with Crippen LogP contribution in [0.5, 0.6) is 5.75 Å². The van der Waals surface area contributed by atoms with E-state index in [4.69, 9.17) is 24.7 Å². The van der Waals surface area contributed by atoms with E-state index in [1.165, 1.54) is 25.0 Å². The largest absolute Gasteiger partial charge is 0.491 e. The molecule has 103 heavy (non-hydrogen) atoms. The van der Waals surface area contributed by atoms with Crippen LogP contribution in [0.3, 0.4) is 0 Å². The molecule has 18 rings (SSSR count). The number of nitrogens with one attached hydrogen (secondary N) is 6. The van der Waals surface area contributed by atoms with Gasteiger partial charge in [0, 0.05) is 147 Å². The Morgan fingerprint density at radius 2 is 1.37 bits per heavy atom. The second kappa shape index (κ2) is 24.7. The van der Waals surface area contributed by atoms with E-state index in [1.807, 2.05) is 73.8 Å². The van der Waals surface area contributed by atoms with Gasteiger partial charge in [-0.15, -0.1) is 11.3 Å². The van der Waals surface area contributed by atoms with E-state index in [-0.39, 0.29) is 78.1 Å². The van der Waals surface area contributed by atoms with Gasteiger partial charge in [0.15, 0.2) is 5.82 Å². The number of aromatic amines is 1. The number of aryl methyl sites for hydroxylation is 2. The number of fused-ring (bicyclic) bond motifs is 9. The number of piperidine rings is 3. The monoisotopic (exact) mass is 1400 g/mol. The molecule has 7 aliphatic rings. The highest BCUT2D eigenvalue weighted by molar-refractivity contribution is 7.22. The van der Waals surface area contributed by atoms with Gasteiger partial charge >= 0.3 is 11.4 Å². The summed E-state index contributed by atoms with van der Waals surface area (Å²) in [6, 6.07) is 32.3. The summed E-state index contributed by atoms with van der Waals surface area (Å²) in [4.78, 5) is 137. The number of hydrogen-bond donors (Lipinski definition) is 6. The average Bonchev–Trinajstić information content (AvgIpc) is 1.62. The highest BCUT2D eigenvalue weighted by atomic mass is 32.1. The summed E-state index contributed by atoms with van der Waals surface area (Å²) in [6.45, 7) is 8.87. The number of amides is 6. The first-order valence-electron chi connectivity index (χ1n) is 35.3. The maximum atomic E-state index is 14.2. The Balaban J connectivity index is 0.620. The Kier molecular flexibility index (Phi) is 15.3. The molecule has 13 heterocycles. The van der Waals surface area contributed by atoms with Crippen molar-refractivity contribution in [3.05, 3.63) is 152 Å². The fourth-order valence-electron chi connectivity index (χ4n) is 16.2. The first-order chi connectivity index (χ1) is 50.0. The summed E-state index contributed by atoms with van der Waals surface area (Å²) in [5.41, 5.74) is 11.9. The van der Waals surface area contributed by atoms with Crippen LogP contribution in [-0.4, -0.2) is 149 Å². The third kappa shape index (κ3) is 11.1. The van der Waals surface area contributed by atoms with Crippen LogP contribution in [0.4, 0.5) is 17.2 Å².